The minimum absolute atomic E-state index is 0.0949. The second kappa shape index (κ2) is 5.66. The normalized spacial score (nSPS) is 12.5. The Bertz CT molecular complexity index is 331. The average molecular weight is 206 g/mol. The molecule has 0 spiro atoms. The zero-order chi connectivity index (χ0) is 11.3. The number of hydrogen-bond donors (Lipinski definition) is 0. The van der Waals surface area contributed by atoms with Crippen LogP contribution in [0, 0.1) is 6.92 Å². The highest BCUT2D eigenvalue weighted by Crippen LogP contribution is 2.14. The minimum atomic E-state index is -0.295. The summed E-state index contributed by atoms with van der Waals surface area (Å²) in [4.78, 5) is 12.1. The maximum Gasteiger partial charge on any atom is 0.191 e. The van der Waals surface area contributed by atoms with Crippen molar-refractivity contribution in [2.75, 3.05) is 7.11 Å². The van der Waals surface area contributed by atoms with Crippen LogP contribution >= 0.6 is 0 Å². The minimum Gasteiger partial charge on any atom is -0.373 e. The number of benzene rings is 1. The van der Waals surface area contributed by atoms with E-state index in [1.165, 1.54) is 0 Å². The Hall–Kier alpha value is -1.15. The smallest absolute Gasteiger partial charge is 0.191 e. The lowest BCUT2D eigenvalue weighted by atomic mass is 9.99. The molecule has 1 atom stereocenters. The van der Waals surface area contributed by atoms with Crippen LogP contribution in [0.3, 0.4) is 0 Å². The molecule has 0 aliphatic carbocycles. The van der Waals surface area contributed by atoms with Crippen LogP contribution in [0.2, 0.25) is 0 Å². The first-order valence-electron chi connectivity index (χ1n) is 5.33. The third kappa shape index (κ3) is 2.90. The van der Waals surface area contributed by atoms with Gasteiger partial charge in [0.1, 0.15) is 6.10 Å². The van der Waals surface area contributed by atoms with Gasteiger partial charge in [0.15, 0.2) is 5.78 Å². The van der Waals surface area contributed by atoms with E-state index in [1.54, 1.807) is 7.11 Å². The molecule has 0 amide bonds. The van der Waals surface area contributed by atoms with E-state index in [1.807, 2.05) is 31.2 Å². The molecule has 15 heavy (non-hydrogen) atoms. The number of ether oxygens (including phenoxy) is 1. The lowest BCUT2D eigenvalue weighted by Crippen LogP contribution is -2.23. The van der Waals surface area contributed by atoms with E-state index in [4.69, 9.17) is 4.74 Å². The van der Waals surface area contributed by atoms with Crippen molar-refractivity contribution in [2.24, 2.45) is 0 Å². The average Bonchev–Trinajstić information content (AvgIpc) is 2.25. The van der Waals surface area contributed by atoms with Gasteiger partial charge in [0, 0.05) is 12.7 Å². The molecular formula is C13H18O2. The van der Waals surface area contributed by atoms with Gasteiger partial charge in [0.2, 0.25) is 0 Å². The van der Waals surface area contributed by atoms with Crippen molar-refractivity contribution in [2.45, 2.75) is 32.8 Å². The topological polar surface area (TPSA) is 26.3 Å². The Morgan fingerprint density at radius 1 is 1.40 bits per heavy atom. The van der Waals surface area contributed by atoms with Crippen LogP contribution in [0.25, 0.3) is 0 Å². The van der Waals surface area contributed by atoms with Gasteiger partial charge >= 0.3 is 0 Å². The highest BCUT2D eigenvalue weighted by molar-refractivity contribution is 6.00. The lowest BCUT2D eigenvalue weighted by molar-refractivity contribution is 0.0578. The Morgan fingerprint density at radius 3 is 2.60 bits per heavy atom. The van der Waals surface area contributed by atoms with Gasteiger partial charge in [-0.3, -0.25) is 4.79 Å². The molecule has 0 aliphatic rings. The van der Waals surface area contributed by atoms with Crippen LogP contribution < -0.4 is 0 Å². The molecule has 0 N–H and O–H groups in total. The number of rotatable bonds is 5. The highest BCUT2D eigenvalue weighted by atomic mass is 16.5. The molecule has 82 valence electrons. The molecule has 1 aromatic carbocycles. The third-order valence-electron chi connectivity index (χ3n) is 2.54. The standard InChI is InChI=1S/C13H18O2/c1-4-7-12(15-3)13(14)11-9-6-5-8-10(11)2/h5-6,8-9,12H,4,7H2,1-3H3. The van der Waals surface area contributed by atoms with E-state index < -0.39 is 0 Å². The number of Topliss-reactive ketones (excluding diaryl/α,β-unsaturated/α-hetero) is 1. The molecule has 0 radical (unpaired) electrons. The highest BCUT2D eigenvalue weighted by Gasteiger charge is 2.19. The molecule has 1 unspecified atom stereocenters. The quantitative estimate of drug-likeness (QED) is 0.692. The summed E-state index contributed by atoms with van der Waals surface area (Å²) in [6.07, 6.45) is 1.44. The Morgan fingerprint density at radius 2 is 2.07 bits per heavy atom. The molecule has 0 fully saturated rings. The molecule has 1 aromatic rings. The van der Waals surface area contributed by atoms with E-state index in [0.29, 0.717) is 0 Å². The van der Waals surface area contributed by atoms with Gasteiger partial charge in [0.05, 0.1) is 0 Å². The largest absolute Gasteiger partial charge is 0.373 e. The first-order valence-corrected chi connectivity index (χ1v) is 5.33. The van der Waals surface area contributed by atoms with E-state index in [9.17, 15) is 4.79 Å². The van der Waals surface area contributed by atoms with E-state index >= 15 is 0 Å². The van der Waals surface area contributed by atoms with Crippen molar-refractivity contribution < 1.29 is 9.53 Å². The van der Waals surface area contributed by atoms with Gasteiger partial charge in [-0.1, -0.05) is 37.6 Å². The van der Waals surface area contributed by atoms with Crippen LogP contribution in [0.4, 0.5) is 0 Å². The predicted octanol–water partition coefficient (Wildman–Crippen LogP) is 2.99. The molecule has 0 aliphatic heterocycles. The van der Waals surface area contributed by atoms with Gasteiger partial charge < -0.3 is 4.74 Å². The number of methoxy groups -OCH3 is 1. The van der Waals surface area contributed by atoms with E-state index in [-0.39, 0.29) is 11.9 Å². The molecule has 0 heterocycles. The number of hydrogen-bond acceptors (Lipinski definition) is 2. The molecular weight excluding hydrogens is 188 g/mol. The van der Waals surface area contributed by atoms with Crippen LogP contribution in [0.5, 0.6) is 0 Å². The number of carbonyl (C=O) groups is 1. The van der Waals surface area contributed by atoms with Crippen molar-refractivity contribution in [3.63, 3.8) is 0 Å². The van der Waals surface area contributed by atoms with Crippen molar-refractivity contribution in [1.82, 2.24) is 0 Å². The Balaban J connectivity index is 2.88. The van der Waals surface area contributed by atoms with E-state index in [2.05, 4.69) is 6.92 Å². The maximum absolute atomic E-state index is 12.1. The zero-order valence-electron chi connectivity index (χ0n) is 9.62. The van der Waals surface area contributed by atoms with Gasteiger partial charge in [-0.2, -0.15) is 0 Å². The molecule has 0 bridgehead atoms. The second-order valence-electron chi connectivity index (χ2n) is 3.69. The number of carbonyl (C=O) groups excluding carboxylic acids is 1. The molecule has 0 saturated heterocycles. The van der Waals surface area contributed by atoms with Gasteiger partial charge in [0.25, 0.3) is 0 Å². The van der Waals surface area contributed by atoms with Crippen molar-refractivity contribution in [1.29, 1.82) is 0 Å². The number of ketones is 1. The van der Waals surface area contributed by atoms with E-state index in [0.717, 1.165) is 24.0 Å². The molecule has 2 nitrogen and oxygen atoms in total. The summed E-state index contributed by atoms with van der Waals surface area (Å²) in [5.41, 5.74) is 1.79. The van der Waals surface area contributed by atoms with Crippen LogP contribution in [0.1, 0.15) is 35.7 Å². The van der Waals surface area contributed by atoms with Gasteiger partial charge in [-0.15, -0.1) is 0 Å². The summed E-state index contributed by atoms with van der Waals surface area (Å²) < 4.78 is 5.21. The SMILES string of the molecule is CCCC(OC)C(=O)c1ccccc1C. The van der Waals surface area contributed by atoms with Crippen LogP contribution in [-0.4, -0.2) is 19.0 Å². The molecule has 0 aromatic heterocycles. The third-order valence-corrected chi connectivity index (χ3v) is 2.54. The Kier molecular flexibility index (Phi) is 4.50. The number of aryl methyl sites for hydroxylation is 1. The summed E-state index contributed by atoms with van der Waals surface area (Å²) in [5, 5.41) is 0. The zero-order valence-corrected chi connectivity index (χ0v) is 9.62. The van der Waals surface area contributed by atoms with Gasteiger partial charge in [-0.05, 0) is 18.9 Å². The van der Waals surface area contributed by atoms with Crippen LogP contribution in [0.15, 0.2) is 24.3 Å². The van der Waals surface area contributed by atoms with Crippen LogP contribution in [-0.2, 0) is 4.74 Å². The predicted molar refractivity (Wildman–Crippen MR) is 61.2 cm³/mol. The molecule has 0 saturated carbocycles. The maximum atomic E-state index is 12.1. The fourth-order valence-corrected chi connectivity index (χ4v) is 1.64. The summed E-state index contributed by atoms with van der Waals surface area (Å²) in [7, 11) is 1.59. The van der Waals surface area contributed by atoms with Crippen molar-refractivity contribution in [3.8, 4) is 0 Å². The fraction of sp³-hybridized carbons (Fsp3) is 0.462. The van der Waals surface area contributed by atoms with Gasteiger partial charge in [-0.25, -0.2) is 0 Å². The summed E-state index contributed by atoms with van der Waals surface area (Å²) >= 11 is 0. The van der Waals surface area contributed by atoms with Crippen molar-refractivity contribution >= 4 is 5.78 Å². The van der Waals surface area contributed by atoms with Crippen molar-refractivity contribution in [3.05, 3.63) is 35.4 Å². The second-order valence-corrected chi connectivity index (χ2v) is 3.69. The Labute approximate surface area is 91.3 Å². The summed E-state index contributed by atoms with van der Waals surface area (Å²) in [6, 6.07) is 7.64. The first kappa shape index (κ1) is 11.9. The monoisotopic (exact) mass is 206 g/mol. The molecule has 2 heteroatoms. The first-order chi connectivity index (χ1) is 7.20. The fourth-order valence-electron chi connectivity index (χ4n) is 1.64. The summed E-state index contributed by atoms with van der Waals surface area (Å²) in [6.45, 7) is 4.00. The molecule has 1 rings (SSSR count). The summed E-state index contributed by atoms with van der Waals surface area (Å²) in [5.74, 6) is 0.0949. The lowest BCUT2D eigenvalue weighted by Gasteiger charge is -2.14.